The quantitative estimate of drug-likeness (QED) is 0.630. The van der Waals surface area contributed by atoms with Gasteiger partial charge in [-0.3, -0.25) is 9.48 Å². The van der Waals surface area contributed by atoms with Gasteiger partial charge >= 0.3 is 0 Å². The van der Waals surface area contributed by atoms with Crippen LogP contribution >= 0.6 is 0 Å². The Morgan fingerprint density at radius 1 is 1.22 bits per heavy atom. The number of aryl methyl sites for hydroxylation is 2. The molecule has 0 atom stereocenters. The second kappa shape index (κ2) is 3.76. The van der Waals surface area contributed by atoms with Crippen molar-refractivity contribution in [1.29, 1.82) is 0 Å². The predicted octanol–water partition coefficient (Wildman–Crippen LogP) is 0.729. The van der Waals surface area contributed by atoms with E-state index in [2.05, 4.69) is 15.1 Å². The highest BCUT2D eigenvalue weighted by Gasteiger charge is 2.07. The van der Waals surface area contributed by atoms with Crippen molar-refractivity contribution in [2.45, 2.75) is 0 Å². The molecule has 0 aromatic carbocycles. The summed E-state index contributed by atoms with van der Waals surface area (Å²) >= 11 is 0. The zero-order chi connectivity index (χ0) is 12.7. The van der Waals surface area contributed by atoms with Crippen molar-refractivity contribution in [1.82, 2.24) is 24.3 Å². The van der Waals surface area contributed by atoms with Crippen LogP contribution in [0.4, 0.5) is 0 Å². The van der Waals surface area contributed by atoms with Crippen LogP contribution in [-0.2, 0) is 14.1 Å². The third-order valence-corrected chi connectivity index (χ3v) is 2.79. The standard InChI is InChI=1S/C12H11N5O/c1-16-4-3-10-9(12(16)18)6-13-11(15-10)8-5-14-17(2)7-8/h3-7H,1-2H3. The molecule has 6 heteroatoms. The van der Waals surface area contributed by atoms with Crippen molar-refractivity contribution >= 4 is 10.9 Å². The normalized spacial score (nSPS) is 11.0. The molecule has 18 heavy (non-hydrogen) atoms. The SMILES string of the molecule is Cn1cc(-c2ncc3c(=O)n(C)ccc3n2)cn1. The zero-order valence-electron chi connectivity index (χ0n) is 10.0. The van der Waals surface area contributed by atoms with Crippen LogP contribution in [0.5, 0.6) is 0 Å². The van der Waals surface area contributed by atoms with Gasteiger partial charge in [-0.2, -0.15) is 5.10 Å². The largest absolute Gasteiger partial charge is 0.318 e. The van der Waals surface area contributed by atoms with Crippen LogP contribution in [0.1, 0.15) is 0 Å². The van der Waals surface area contributed by atoms with Crippen molar-refractivity contribution in [3.05, 3.63) is 41.2 Å². The first-order chi connectivity index (χ1) is 8.65. The van der Waals surface area contributed by atoms with Gasteiger partial charge in [0, 0.05) is 32.7 Å². The second-order valence-electron chi connectivity index (χ2n) is 4.13. The molecule has 6 nitrogen and oxygen atoms in total. The van der Waals surface area contributed by atoms with Crippen LogP contribution in [0.25, 0.3) is 22.3 Å². The fourth-order valence-corrected chi connectivity index (χ4v) is 1.80. The van der Waals surface area contributed by atoms with E-state index in [4.69, 9.17) is 0 Å². The highest BCUT2D eigenvalue weighted by Crippen LogP contribution is 2.15. The smallest absolute Gasteiger partial charge is 0.261 e. The van der Waals surface area contributed by atoms with E-state index in [-0.39, 0.29) is 5.56 Å². The van der Waals surface area contributed by atoms with Crippen molar-refractivity contribution in [2.24, 2.45) is 14.1 Å². The van der Waals surface area contributed by atoms with Gasteiger partial charge < -0.3 is 4.57 Å². The molecular formula is C12H11N5O. The van der Waals surface area contributed by atoms with E-state index >= 15 is 0 Å². The average molecular weight is 241 g/mol. The van der Waals surface area contributed by atoms with Gasteiger partial charge in [-0.15, -0.1) is 0 Å². The highest BCUT2D eigenvalue weighted by molar-refractivity contribution is 5.78. The molecular weight excluding hydrogens is 230 g/mol. The molecule has 0 spiro atoms. The van der Waals surface area contributed by atoms with Crippen LogP contribution in [0, 0.1) is 0 Å². The van der Waals surface area contributed by atoms with E-state index in [0.717, 1.165) is 5.56 Å². The maximum absolute atomic E-state index is 11.8. The Bertz CT molecular complexity index is 787. The Morgan fingerprint density at radius 3 is 2.78 bits per heavy atom. The van der Waals surface area contributed by atoms with Gasteiger partial charge in [-0.05, 0) is 6.07 Å². The first-order valence-corrected chi connectivity index (χ1v) is 5.46. The summed E-state index contributed by atoms with van der Waals surface area (Å²) in [7, 11) is 3.54. The van der Waals surface area contributed by atoms with Crippen LogP contribution in [0.2, 0.25) is 0 Å². The number of aromatic nitrogens is 5. The molecule has 3 aromatic heterocycles. The highest BCUT2D eigenvalue weighted by atomic mass is 16.1. The van der Waals surface area contributed by atoms with Crippen LogP contribution in [0.15, 0.2) is 35.6 Å². The van der Waals surface area contributed by atoms with Crippen LogP contribution in [-0.4, -0.2) is 24.3 Å². The van der Waals surface area contributed by atoms with E-state index in [1.807, 2.05) is 13.2 Å². The molecule has 0 N–H and O–H groups in total. The van der Waals surface area contributed by atoms with Gasteiger partial charge in [0.05, 0.1) is 22.7 Å². The van der Waals surface area contributed by atoms with E-state index in [1.54, 1.807) is 36.4 Å². The minimum Gasteiger partial charge on any atom is -0.318 e. The maximum Gasteiger partial charge on any atom is 0.261 e. The number of nitrogens with zero attached hydrogens (tertiary/aromatic N) is 5. The summed E-state index contributed by atoms with van der Waals surface area (Å²) in [6.07, 6.45) is 6.79. The topological polar surface area (TPSA) is 65.6 Å². The molecule has 0 aliphatic rings. The predicted molar refractivity (Wildman–Crippen MR) is 67.0 cm³/mol. The molecule has 0 saturated carbocycles. The van der Waals surface area contributed by atoms with Gasteiger partial charge in [0.2, 0.25) is 0 Å². The molecule has 3 aromatic rings. The molecule has 3 heterocycles. The molecule has 3 rings (SSSR count). The van der Waals surface area contributed by atoms with Gasteiger partial charge in [-0.25, -0.2) is 9.97 Å². The minimum atomic E-state index is -0.0924. The summed E-state index contributed by atoms with van der Waals surface area (Å²) in [5.41, 5.74) is 1.39. The molecule has 0 fully saturated rings. The van der Waals surface area contributed by atoms with Crippen LogP contribution < -0.4 is 5.56 Å². The summed E-state index contributed by atoms with van der Waals surface area (Å²) in [5, 5.41) is 4.60. The molecule has 0 aliphatic heterocycles. The summed E-state index contributed by atoms with van der Waals surface area (Å²) in [4.78, 5) is 20.4. The van der Waals surface area contributed by atoms with E-state index in [0.29, 0.717) is 16.7 Å². The summed E-state index contributed by atoms with van der Waals surface area (Å²) in [6, 6.07) is 1.80. The number of hydrogen-bond donors (Lipinski definition) is 0. The lowest BCUT2D eigenvalue weighted by atomic mass is 10.3. The lowest BCUT2D eigenvalue weighted by Crippen LogP contribution is -2.16. The minimum absolute atomic E-state index is 0.0924. The lowest BCUT2D eigenvalue weighted by Gasteiger charge is -2.01. The monoisotopic (exact) mass is 241 g/mol. The number of rotatable bonds is 1. The summed E-state index contributed by atoms with van der Waals surface area (Å²) in [6.45, 7) is 0. The van der Waals surface area contributed by atoms with E-state index in [1.165, 1.54) is 4.57 Å². The Labute approximate surface area is 103 Å². The van der Waals surface area contributed by atoms with Crippen LogP contribution in [0.3, 0.4) is 0 Å². The van der Waals surface area contributed by atoms with Gasteiger partial charge in [0.15, 0.2) is 5.82 Å². The Kier molecular flexibility index (Phi) is 2.22. The molecule has 90 valence electrons. The molecule has 0 unspecified atom stereocenters. The van der Waals surface area contributed by atoms with Crippen molar-refractivity contribution in [3.63, 3.8) is 0 Å². The fraction of sp³-hybridized carbons (Fsp3) is 0.167. The zero-order valence-corrected chi connectivity index (χ0v) is 10.0. The van der Waals surface area contributed by atoms with E-state index in [9.17, 15) is 4.79 Å². The van der Waals surface area contributed by atoms with Crippen molar-refractivity contribution in [3.8, 4) is 11.4 Å². The van der Waals surface area contributed by atoms with Gasteiger partial charge in [0.25, 0.3) is 5.56 Å². The molecule has 0 saturated heterocycles. The molecule has 0 radical (unpaired) electrons. The third kappa shape index (κ3) is 1.58. The average Bonchev–Trinajstić information content (AvgIpc) is 2.80. The number of hydrogen-bond acceptors (Lipinski definition) is 4. The van der Waals surface area contributed by atoms with Crippen molar-refractivity contribution < 1.29 is 0 Å². The Hall–Kier alpha value is -2.50. The molecule has 0 amide bonds. The first-order valence-electron chi connectivity index (χ1n) is 5.46. The third-order valence-electron chi connectivity index (χ3n) is 2.79. The Morgan fingerprint density at radius 2 is 2.06 bits per heavy atom. The van der Waals surface area contributed by atoms with Gasteiger partial charge in [0.1, 0.15) is 0 Å². The molecule has 0 aliphatic carbocycles. The fourth-order valence-electron chi connectivity index (χ4n) is 1.80. The Balaban J connectivity index is 2.24. The summed E-state index contributed by atoms with van der Waals surface area (Å²) < 4.78 is 3.20. The maximum atomic E-state index is 11.8. The molecule has 0 bridgehead atoms. The second-order valence-corrected chi connectivity index (χ2v) is 4.13. The summed E-state index contributed by atoms with van der Waals surface area (Å²) in [5.74, 6) is 0.573. The van der Waals surface area contributed by atoms with E-state index < -0.39 is 0 Å². The van der Waals surface area contributed by atoms with Gasteiger partial charge in [-0.1, -0.05) is 0 Å². The lowest BCUT2D eigenvalue weighted by molar-refractivity contribution is 0.768. The first kappa shape index (κ1) is 10.6. The number of fused-ring (bicyclic) bond motifs is 1. The van der Waals surface area contributed by atoms with Crippen molar-refractivity contribution in [2.75, 3.05) is 0 Å². The number of pyridine rings is 1.